The molecule has 1 unspecified atom stereocenters. The Bertz CT molecular complexity index is 599. The van der Waals surface area contributed by atoms with E-state index in [1.165, 1.54) is 19.2 Å². The van der Waals surface area contributed by atoms with E-state index in [-0.39, 0.29) is 5.69 Å². The minimum atomic E-state index is -0.985. The van der Waals surface area contributed by atoms with Crippen LogP contribution in [0.3, 0.4) is 0 Å². The lowest BCUT2D eigenvalue weighted by molar-refractivity contribution is -0.130. The Morgan fingerprint density at radius 3 is 2.68 bits per heavy atom. The van der Waals surface area contributed by atoms with Gasteiger partial charge in [-0.25, -0.2) is 4.79 Å². The molecule has 7 heteroatoms. The average Bonchev–Trinajstić information content (AvgIpc) is 2.94. The van der Waals surface area contributed by atoms with Gasteiger partial charge in [-0.15, -0.1) is 0 Å². The highest BCUT2D eigenvalue weighted by molar-refractivity contribution is 6.30. The number of esters is 1. The molecule has 0 radical (unpaired) electrons. The maximum atomic E-state index is 12.2. The van der Waals surface area contributed by atoms with Crippen molar-refractivity contribution in [3.05, 3.63) is 23.0 Å². The van der Waals surface area contributed by atoms with E-state index in [0.717, 1.165) is 19.3 Å². The van der Waals surface area contributed by atoms with Gasteiger partial charge in [0.05, 0.1) is 11.1 Å². The van der Waals surface area contributed by atoms with Crippen LogP contribution in [0, 0.1) is 11.3 Å². The van der Waals surface area contributed by atoms with Crippen LogP contribution in [-0.2, 0) is 9.53 Å². The quantitative estimate of drug-likeness (QED) is 0.832. The molecule has 0 bridgehead atoms. The highest BCUT2D eigenvalue weighted by Crippen LogP contribution is 2.27. The maximum absolute atomic E-state index is 12.2. The molecule has 1 saturated carbocycles. The topological polar surface area (TPSA) is 95.0 Å². The van der Waals surface area contributed by atoms with Gasteiger partial charge in [0.25, 0.3) is 5.91 Å². The molecule has 1 aromatic heterocycles. The summed E-state index contributed by atoms with van der Waals surface area (Å²) in [6.45, 7) is 1.48. The Labute approximate surface area is 133 Å². The molecule has 1 aliphatic carbocycles. The predicted octanol–water partition coefficient (Wildman–Crippen LogP) is 2.56. The highest BCUT2D eigenvalue weighted by Gasteiger charge is 2.35. The predicted molar refractivity (Wildman–Crippen MR) is 80.3 cm³/mol. The zero-order chi connectivity index (χ0) is 16.2. The van der Waals surface area contributed by atoms with Crippen LogP contribution in [0.4, 0.5) is 0 Å². The van der Waals surface area contributed by atoms with Gasteiger partial charge in [0.1, 0.15) is 11.2 Å². The zero-order valence-electron chi connectivity index (χ0n) is 12.3. The van der Waals surface area contributed by atoms with E-state index >= 15 is 0 Å². The Morgan fingerprint density at radius 1 is 1.45 bits per heavy atom. The summed E-state index contributed by atoms with van der Waals surface area (Å²) in [7, 11) is 0. The second-order valence-electron chi connectivity index (χ2n) is 5.52. The SMILES string of the molecule is CC(OC(=O)c1cc(Cl)c[nH]1)C(=O)NC1(C#N)CCCCC1. The molecule has 0 aromatic carbocycles. The summed E-state index contributed by atoms with van der Waals surface area (Å²) in [6.07, 6.45) is 4.60. The van der Waals surface area contributed by atoms with Crippen molar-refractivity contribution in [2.45, 2.75) is 50.7 Å². The van der Waals surface area contributed by atoms with Crippen LogP contribution in [0.25, 0.3) is 0 Å². The fourth-order valence-electron chi connectivity index (χ4n) is 2.52. The van der Waals surface area contributed by atoms with Crippen LogP contribution in [0.2, 0.25) is 5.02 Å². The minimum absolute atomic E-state index is 0.178. The summed E-state index contributed by atoms with van der Waals surface area (Å²) in [4.78, 5) is 26.7. The van der Waals surface area contributed by atoms with E-state index < -0.39 is 23.5 Å². The lowest BCUT2D eigenvalue weighted by atomic mass is 9.83. The van der Waals surface area contributed by atoms with Crippen molar-refractivity contribution in [3.63, 3.8) is 0 Å². The van der Waals surface area contributed by atoms with Gasteiger partial charge in [-0.05, 0) is 25.8 Å². The number of H-pyrrole nitrogens is 1. The van der Waals surface area contributed by atoms with Crippen molar-refractivity contribution in [1.82, 2.24) is 10.3 Å². The second-order valence-corrected chi connectivity index (χ2v) is 5.96. The molecule has 22 heavy (non-hydrogen) atoms. The number of hydrogen-bond donors (Lipinski definition) is 2. The Balaban J connectivity index is 1.94. The Hall–Kier alpha value is -2.00. The number of halogens is 1. The lowest BCUT2D eigenvalue weighted by Gasteiger charge is -2.32. The van der Waals surface area contributed by atoms with E-state index in [4.69, 9.17) is 16.3 Å². The zero-order valence-corrected chi connectivity index (χ0v) is 13.1. The molecule has 1 atom stereocenters. The van der Waals surface area contributed by atoms with Crippen molar-refractivity contribution in [2.75, 3.05) is 0 Å². The molecular weight excluding hydrogens is 306 g/mol. The molecule has 0 spiro atoms. The first kappa shape index (κ1) is 16.4. The van der Waals surface area contributed by atoms with Crippen LogP contribution in [0.5, 0.6) is 0 Å². The van der Waals surface area contributed by atoms with Gasteiger partial charge in [-0.2, -0.15) is 5.26 Å². The van der Waals surface area contributed by atoms with Gasteiger partial charge in [-0.1, -0.05) is 30.9 Å². The smallest absolute Gasteiger partial charge is 0.355 e. The van der Waals surface area contributed by atoms with Crippen molar-refractivity contribution < 1.29 is 14.3 Å². The Morgan fingerprint density at radius 2 is 2.14 bits per heavy atom. The summed E-state index contributed by atoms with van der Waals surface area (Å²) in [5.74, 6) is -1.13. The third-order valence-electron chi connectivity index (χ3n) is 3.80. The normalized spacial score (nSPS) is 18.0. The van der Waals surface area contributed by atoms with E-state index in [1.54, 1.807) is 0 Å². The third kappa shape index (κ3) is 3.80. The number of hydrogen-bond acceptors (Lipinski definition) is 4. The first-order valence-corrected chi connectivity index (χ1v) is 7.62. The highest BCUT2D eigenvalue weighted by atomic mass is 35.5. The number of amides is 1. The monoisotopic (exact) mass is 323 g/mol. The number of nitriles is 1. The van der Waals surface area contributed by atoms with Gasteiger partial charge in [0.2, 0.25) is 0 Å². The van der Waals surface area contributed by atoms with Crippen LogP contribution < -0.4 is 5.32 Å². The number of nitrogens with zero attached hydrogens (tertiary/aromatic N) is 1. The van der Waals surface area contributed by atoms with Crippen molar-refractivity contribution >= 4 is 23.5 Å². The number of nitrogens with one attached hydrogen (secondary N) is 2. The third-order valence-corrected chi connectivity index (χ3v) is 4.02. The van der Waals surface area contributed by atoms with Crippen LogP contribution in [0.1, 0.15) is 49.5 Å². The van der Waals surface area contributed by atoms with Gasteiger partial charge in [-0.3, -0.25) is 4.79 Å². The second kappa shape index (κ2) is 6.84. The van der Waals surface area contributed by atoms with E-state index in [1.807, 2.05) is 0 Å². The first-order chi connectivity index (χ1) is 10.5. The number of ether oxygens (including phenoxy) is 1. The molecule has 0 saturated heterocycles. The number of aromatic amines is 1. The number of carbonyl (C=O) groups excluding carboxylic acids is 2. The Kier molecular flexibility index (Phi) is 5.09. The minimum Gasteiger partial charge on any atom is -0.448 e. The van der Waals surface area contributed by atoms with E-state index in [9.17, 15) is 14.9 Å². The van der Waals surface area contributed by atoms with E-state index in [2.05, 4.69) is 16.4 Å². The van der Waals surface area contributed by atoms with Gasteiger partial charge in [0, 0.05) is 6.20 Å². The summed E-state index contributed by atoms with van der Waals surface area (Å²) in [5.41, 5.74) is -0.663. The fraction of sp³-hybridized carbons (Fsp3) is 0.533. The molecule has 1 heterocycles. The molecule has 1 aliphatic rings. The molecule has 2 N–H and O–H groups in total. The summed E-state index contributed by atoms with van der Waals surface area (Å²) in [5, 5.41) is 12.5. The number of aromatic nitrogens is 1. The largest absolute Gasteiger partial charge is 0.448 e. The lowest BCUT2D eigenvalue weighted by Crippen LogP contribution is -2.52. The standard InChI is InChI=1S/C15H18ClN3O3/c1-10(22-14(21)12-7-11(16)8-18-12)13(20)19-15(9-17)5-3-2-4-6-15/h7-8,10,18H,2-6H2,1H3,(H,19,20). The van der Waals surface area contributed by atoms with Gasteiger partial charge in [0.15, 0.2) is 6.10 Å². The molecule has 6 nitrogen and oxygen atoms in total. The molecule has 1 aromatic rings. The van der Waals surface area contributed by atoms with Crippen LogP contribution in [0.15, 0.2) is 12.3 Å². The van der Waals surface area contributed by atoms with Crippen molar-refractivity contribution in [1.29, 1.82) is 5.26 Å². The molecule has 118 valence electrons. The fourth-order valence-corrected chi connectivity index (χ4v) is 2.68. The van der Waals surface area contributed by atoms with Gasteiger partial charge < -0.3 is 15.0 Å². The first-order valence-electron chi connectivity index (χ1n) is 7.24. The van der Waals surface area contributed by atoms with E-state index in [0.29, 0.717) is 17.9 Å². The number of carbonyl (C=O) groups is 2. The molecule has 0 aliphatic heterocycles. The molecular formula is C15H18ClN3O3. The summed E-state index contributed by atoms with van der Waals surface area (Å²) >= 11 is 5.72. The van der Waals surface area contributed by atoms with Crippen molar-refractivity contribution in [2.24, 2.45) is 0 Å². The molecule has 1 fully saturated rings. The number of rotatable bonds is 4. The molecule has 2 rings (SSSR count). The molecule has 1 amide bonds. The summed E-state index contributed by atoms with van der Waals surface area (Å²) < 4.78 is 5.09. The van der Waals surface area contributed by atoms with Gasteiger partial charge >= 0.3 is 5.97 Å². The average molecular weight is 324 g/mol. The van der Waals surface area contributed by atoms with Crippen LogP contribution >= 0.6 is 11.6 Å². The summed E-state index contributed by atoms with van der Waals surface area (Å²) in [6, 6.07) is 3.62. The van der Waals surface area contributed by atoms with Crippen LogP contribution in [-0.4, -0.2) is 28.5 Å². The maximum Gasteiger partial charge on any atom is 0.355 e. The van der Waals surface area contributed by atoms with Crippen molar-refractivity contribution in [3.8, 4) is 6.07 Å².